The highest BCUT2D eigenvalue weighted by molar-refractivity contribution is 9.10. The molecule has 1 aliphatic carbocycles. The number of rotatable bonds is 1. The van der Waals surface area contributed by atoms with E-state index in [2.05, 4.69) is 29.8 Å². The van der Waals surface area contributed by atoms with Crippen LogP contribution in [-0.4, -0.2) is 10.7 Å². The van der Waals surface area contributed by atoms with Crippen LogP contribution >= 0.6 is 15.9 Å². The largest absolute Gasteiger partial charge is 0.487 e. The first-order valence-corrected chi connectivity index (χ1v) is 8.95. The van der Waals surface area contributed by atoms with E-state index >= 15 is 0 Å². The van der Waals surface area contributed by atoms with E-state index in [1.807, 2.05) is 18.2 Å². The summed E-state index contributed by atoms with van der Waals surface area (Å²) < 4.78 is 7.41. The van der Waals surface area contributed by atoms with Crippen molar-refractivity contribution in [1.29, 1.82) is 0 Å². The molecule has 2 nitrogen and oxygen atoms in total. The fourth-order valence-corrected chi connectivity index (χ4v) is 4.37. The fraction of sp³-hybridized carbons (Fsp3) is 0.667. The highest BCUT2D eigenvalue weighted by Crippen LogP contribution is 2.47. The zero-order chi connectivity index (χ0) is 15.0. The third-order valence-electron chi connectivity index (χ3n) is 5.34. The van der Waals surface area contributed by atoms with Gasteiger partial charge in [-0.1, -0.05) is 36.2 Å². The maximum absolute atomic E-state index is 10.6. The van der Waals surface area contributed by atoms with Crippen molar-refractivity contribution in [2.24, 2.45) is 11.8 Å². The molecule has 3 heteroatoms. The van der Waals surface area contributed by atoms with Crippen LogP contribution in [0.3, 0.4) is 0 Å². The minimum absolute atomic E-state index is 0.149. The maximum Gasteiger partial charge on any atom is 0.126 e. The van der Waals surface area contributed by atoms with E-state index in [0.717, 1.165) is 46.9 Å². The number of benzene rings is 1. The van der Waals surface area contributed by atoms with Crippen LogP contribution in [0.25, 0.3) is 0 Å². The van der Waals surface area contributed by atoms with E-state index in [9.17, 15) is 5.11 Å². The summed E-state index contributed by atoms with van der Waals surface area (Å²) in [7, 11) is 0. The number of aliphatic hydroxyl groups excluding tert-OH is 1. The van der Waals surface area contributed by atoms with Crippen molar-refractivity contribution in [3.8, 4) is 5.75 Å². The van der Waals surface area contributed by atoms with Gasteiger partial charge in [-0.15, -0.1) is 0 Å². The molecular formula is C18H25BrO2. The first kappa shape index (κ1) is 15.4. The molecule has 0 bridgehead atoms. The summed E-state index contributed by atoms with van der Waals surface area (Å²) in [6, 6.07) is 5.98. The second-order valence-corrected chi connectivity index (χ2v) is 8.04. The Balaban J connectivity index is 1.82. The zero-order valence-corrected chi connectivity index (χ0v) is 14.5. The Morgan fingerprint density at radius 2 is 2.10 bits per heavy atom. The topological polar surface area (TPSA) is 29.5 Å². The van der Waals surface area contributed by atoms with Crippen molar-refractivity contribution in [3.63, 3.8) is 0 Å². The van der Waals surface area contributed by atoms with Gasteiger partial charge in [-0.3, -0.25) is 0 Å². The number of fused-ring (bicyclic) bond motifs is 1. The Bertz CT molecular complexity index is 514. The predicted octanol–water partition coefficient (Wildman–Crippen LogP) is 5.24. The lowest BCUT2D eigenvalue weighted by atomic mass is 9.82. The molecule has 1 aromatic rings. The fourth-order valence-electron chi connectivity index (χ4n) is 3.99. The monoisotopic (exact) mass is 352 g/mol. The Labute approximate surface area is 136 Å². The summed E-state index contributed by atoms with van der Waals surface area (Å²) in [5.41, 5.74) is 0.781. The van der Waals surface area contributed by atoms with Crippen LogP contribution in [0, 0.1) is 11.8 Å². The molecule has 2 aliphatic rings. The molecule has 3 rings (SSSR count). The van der Waals surface area contributed by atoms with Crippen LogP contribution in [0.15, 0.2) is 22.7 Å². The van der Waals surface area contributed by atoms with Gasteiger partial charge in [0, 0.05) is 16.5 Å². The molecule has 0 saturated heterocycles. The van der Waals surface area contributed by atoms with E-state index in [1.54, 1.807) is 0 Å². The van der Waals surface area contributed by atoms with Crippen LogP contribution in [0.1, 0.15) is 64.0 Å². The molecule has 2 unspecified atom stereocenters. The minimum atomic E-state index is -0.401. The summed E-state index contributed by atoms with van der Waals surface area (Å²) in [5, 5.41) is 10.6. The van der Waals surface area contributed by atoms with Crippen LogP contribution in [0.4, 0.5) is 0 Å². The van der Waals surface area contributed by atoms with Crippen LogP contribution in [-0.2, 0) is 0 Å². The van der Waals surface area contributed by atoms with Gasteiger partial charge in [0.15, 0.2) is 0 Å². The predicted molar refractivity (Wildman–Crippen MR) is 88.5 cm³/mol. The number of halogens is 1. The third kappa shape index (κ3) is 3.14. The van der Waals surface area contributed by atoms with E-state index in [-0.39, 0.29) is 5.60 Å². The summed E-state index contributed by atoms with van der Waals surface area (Å²) in [5.74, 6) is 2.42. The molecule has 0 amide bonds. The van der Waals surface area contributed by atoms with Gasteiger partial charge in [-0.25, -0.2) is 0 Å². The van der Waals surface area contributed by atoms with Gasteiger partial charge in [-0.2, -0.15) is 0 Å². The van der Waals surface area contributed by atoms with E-state index in [4.69, 9.17) is 4.74 Å². The molecule has 1 spiro atoms. The molecule has 0 aromatic heterocycles. The van der Waals surface area contributed by atoms with E-state index in [0.29, 0.717) is 0 Å². The summed E-state index contributed by atoms with van der Waals surface area (Å²) in [6.45, 7) is 4.65. The van der Waals surface area contributed by atoms with Crippen molar-refractivity contribution in [2.75, 3.05) is 0 Å². The Morgan fingerprint density at radius 3 is 2.86 bits per heavy atom. The lowest BCUT2D eigenvalue weighted by molar-refractivity contribution is -0.0254. The van der Waals surface area contributed by atoms with Gasteiger partial charge in [-0.05, 0) is 55.7 Å². The van der Waals surface area contributed by atoms with Crippen molar-refractivity contribution >= 4 is 15.9 Å². The molecule has 1 fully saturated rings. The third-order valence-corrected chi connectivity index (χ3v) is 5.84. The van der Waals surface area contributed by atoms with Crippen molar-refractivity contribution in [1.82, 2.24) is 0 Å². The summed E-state index contributed by atoms with van der Waals surface area (Å²) in [4.78, 5) is 0. The van der Waals surface area contributed by atoms with Crippen LogP contribution in [0.2, 0.25) is 0 Å². The molecule has 1 saturated carbocycles. The molecule has 3 atom stereocenters. The van der Waals surface area contributed by atoms with E-state index in [1.165, 1.54) is 19.3 Å². The van der Waals surface area contributed by atoms with Crippen molar-refractivity contribution in [2.45, 2.75) is 64.1 Å². The smallest absolute Gasteiger partial charge is 0.126 e. The zero-order valence-electron chi connectivity index (χ0n) is 12.9. The first-order valence-electron chi connectivity index (χ1n) is 8.16. The highest BCUT2D eigenvalue weighted by atomic mass is 79.9. The van der Waals surface area contributed by atoms with Crippen molar-refractivity contribution < 1.29 is 9.84 Å². The van der Waals surface area contributed by atoms with Crippen LogP contribution < -0.4 is 4.74 Å². The van der Waals surface area contributed by atoms with Gasteiger partial charge in [0.05, 0.1) is 6.10 Å². The Hall–Kier alpha value is -0.540. The number of ether oxygens (including phenoxy) is 1. The lowest BCUT2D eigenvalue weighted by Crippen LogP contribution is -2.40. The molecular weight excluding hydrogens is 328 g/mol. The van der Waals surface area contributed by atoms with Crippen molar-refractivity contribution in [3.05, 3.63) is 28.2 Å². The van der Waals surface area contributed by atoms with Gasteiger partial charge < -0.3 is 9.84 Å². The number of hydrogen-bond acceptors (Lipinski definition) is 2. The lowest BCUT2D eigenvalue weighted by Gasteiger charge is -2.40. The second kappa shape index (κ2) is 5.92. The molecule has 21 heavy (non-hydrogen) atoms. The maximum atomic E-state index is 10.6. The SMILES string of the molecule is CC(C)C1CCCC2(CC1)C[C@H](O)c1cc(Br)ccc1O2. The molecule has 1 aliphatic heterocycles. The number of aliphatic hydroxyl groups is 1. The van der Waals surface area contributed by atoms with E-state index < -0.39 is 6.10 Å². The Morgan fingerprint density at radius 1 is 1.29 bits per heavy atom. The molecule has 1 N–H and O–H groups in total. The average molecular weight is 353 g/mol. The standard InChI is InChI=1S/C18H25BrO2/c1-12(2)13-4-3-8-18(9-7-13)11-16(20)15-10-14(19)5-6-17(15)21-18/h5-6,10,12-13,16,20H,3-4,7-9,11H2,1-2H3/t13?,16-,18?/m0/s1. The average Bonchev–Trinajstić information content (AvgIpc) is 2.63. The van der Waals surface area contributed by atoms with Crippen LogP contribution in [0.5, 0.6) is 5.75 Å². The summed E-state index contributed by atoms with van der Waals surface area (Å²) in [6.07, 6.45) is 6.21. The number of hydrogen-bond donors (Lipinski definition) is 1. The second-order valence-electron chi connectivity index (χ2n) is 7.12. The van der Waals surface area contributed by atoms with Gasteiger partial charge in [0.25, 0.3) is 0 Å². The molecule has 0 radical (unpaired) electrons. The quantitative estimate of drug-likeness (QED) is 0.748. The Kier molecular flexibility index (Phi) is 4.33. The first-order chi connectivity index (χ1) is 9.99. The van der Waals surface area contributed by atoms with Gasteiger partial charge in [0.1, 0.15) is 11.4 Å². The van der Waals surface area contributed by atoms with Gasteiger partial charge in [0.2, 0.25) is 0 Å². The minimum Gasteiger partial charge on any atom is -0.487 e. The summed E-state index contributed by atoms with van der Waals surface area (Å²) >= 11 is 3.48. The molecule has 116 valence electrons. The highest BCUT2D eigenvalue weighted by Gasteiger charge is 2.42. The molecule has 1 aromatic carbocycles. The molecule has 1 heterocycles. The van der Waals surface area contributed by atoms with Gasteiger partial charge >= 0.3 is 0 Å². The normalized spacial score (nSPS) is 32.6.